The van der Waals surface area contributed by atoms with Gasteiger partial charge >= 0.3 is 0 Å². The van der Waals surface area contributed by atoms with E-state index < -0.39 is 10.0 Å². The van der Waals surface area contributed by atoms with Crippen molar-refractivity contribution in [2.75, 3.05) is 24.2 Å². The Labute approximate surface area is 166 Å². The molecule has 7 heteroatoms. The summed E-state index contributed by atoms with van der Waals surface area (Å²) in [6, 6.07) is 14.9. The van der Waals surface area contributed by atoms with Crippen molar-refractivity contribution in [3.63, 3.8) is 0 Å². The number of nitrogens with zero attached hydrogens (tertiary/aromatic N) is 1. The van der Waals surface area contributed by atoms with E-state index in [1.807, 2.05) is 31.2 Å². The third-order valence-electron chi connectivity index (χ3n) is 4.63. The second kappa shape index (κ2) is 9.21. The number of aryl methyl sites for hydroxylation is 1. The molecule has 1 aliphatic heterocycles. The number of amides is 1. The summed E-state index contributed by atoms with van der Waals surface area (Å²) in [5.74, 6) is 1.27. The number of hydrogen-bond acceptors (Lipinski definition) is 4. The molecule has 1 heterocycles. The maximum Gasteiger partial charge on any atom is 0.224 e. The normalized spacial score (nSPS) is 14.8. The van der Waals surface area contributed by atoms with Gasteiger partial charge in [0, 0.05) is 25.2 Å². The molecule has 1 N–H and O–H groups in total. The molecule has 1 fully saturated rings. The molecule has 1 amide bonds. The van der Waals surface area contributed by atoms with Crippen LogP contribution in [0.2, 0.25) is 0 Å². The molecular formula is C21H26N2O4S. The number of ether oxygens (including phenoxy) is 1. The molecule has 150 valence electrons. The summed E-state index contributed by atoms with van der Waals surface area (Å²) in [6.45, 7) is 3.21. The summed E-state index contributed by atoms with van der Waals surface area (Å²) in [6.07, 6.45) is 2.33. The van der Waals surface area contributed by atoms with Crippen molar-refractivity contribution < 1.29 is 17.9 Å². The standard InChI is InChI=1S/C21H26N2O4S/c1-17-6-4-7-20(16-17)27-19-11-9-18(10-12-19)22-21(24)8-5-15-28(25,26)23-13-2-3-14-23/h4,6-7,9-12,16H,2-3,5,8,13-15H2,1H3,(H,22,24). The zero-order chi connectivity index (χ0) is 20.0. The van der Waals surface area contributed by atoms with Gasteiger partial charge in [-0.25, -0.2) is 12.7 Å². The highest BCUT2D eigenvalue weighted by atomic mass is 32.2. The van der Waals surface area contributed by atoms with Gasteiger partial charge in [-0.05, 0) is 68.1 Å². The van der Waals surface area contributed by atoms with Crippen molar-refractivity contribution >= 4 is 21.6 Å². The fraction of sp³-hybridized carbons (Fsp3) is 0.381. The molecule has 3 rings (SSSR count). The largest absolute Gasteiger partial charge is 0.457 e. The number of anilines is 1. The highest BCUT2D eigenvalue weighted by Gasteiger charge is 2.24. The average molecular weight is 403 g/mol. The van der Waals surface area contributed by atoms with Gasteiger partial charge in [-0.15, -0.1) is 0 Å². The molecular weight excluding hydrogens is 376 g/mol. The minimum Gasteiger partial charge on any atom is -0.457 e. The van der Waals surface area contributed by atoms with Crippen molar-refractivity contribution in [3.8, 4) is 11.5 Å². The van der Waals surface area contributed by atoms with E-state index in [1.165, 1.54) is 4.31 Å². The van der Waals surface area contributed by atoms with E-state index in [9.17, 15) is 13.2 Å². The number of hydrogen-bond donors (Lipinski definition) is 1. The van der Waals surface area contributed by atoms with Crippen molar-refractivity contribution in [1.29, 1.82) is 0 Å². The van der Waals surface area contributed by atoms with E-state index in [0.29, 0.717) is 30.9 Å². The third kappa shape index (κ3) is 5.81. The van der Waals surface area contributed by atoms with Gasteiger partial charge in [0.2, 0.25) is 15.9 Å². The van der Waals surface area contributed by atoms with E-state index in [-0.39, 0.29) is 18.1 Å². The lowest BCUT2D eigenvalue weighted by atomic mass is 10.2. The molecule has 0 atom stereocenters. The second-order valence-electron chi connectivity index (χ2n) is 7.02. The number of rotatable bonds is 8. The molecule has 28 heavy (non-hydrogen) atoms. The number of carbonyl (C=O) groups is 1. The van der Waals surface area contributed by atoms with E-state index in [4.69, 9.17) is 4.74 Å². The molecule has 6 nitrogen and oxygen atoms in total. The SMILES string of the molecule is Cc1cccc(Oc2ccc(NC(=O)CCCS(=O)(=O)N3CCCC3)cc2)c1. The first kappa shape index (κ1) is 20.4. The van der Waals surface area contributed by atoms with Gasteiger partial charge < -0.3 is 10.1 Å². The topological polar surface area (TPSA) is 75.7 Å². The van der Waals surface area contributed by atoms with Crippen LogP contribution >= 0.6 is 0 Å². The molecule has 1 saturated heterocycles. The Hall–Kier alpha value is -2.38. The Balaban J connectivity index is 1.45. The van der Waals surface area contributed by atoms with E-state index >= 15 is 0 Å². The molecule has 2 aromatic carbocycles. The van der Waals surface area contributed by atoms with Gasteiger partial charge in [-0.2, -0.15) is 0 Å². The maximum absolute atomic E-state index is 12.2. The summed E-state index contributed by atoms with van der Waals surface area (Å²) in [7, 11) is -3.23. The van der Waals surface area contributed by atoms with Gasteiger partial charge in [0.1, 0.15) is 11.5 Å². The van der Waals surface area contributed by atoms with Gasteiger partial charge in [0.15, 0.2) is 0 Å². The molecule has 0 aliphatic carbocycles. The van der Waals surface area contributed by atoms with Crippen LogP contribution in [0.25, 0.3) is 0 Å². The highest BCUT2D eigenvalue weighted by Crippen LogP contribution is 2.23. The molecule has 0 aromatic heterocycles. The fourth-order valence-electron chi connectivity index (χ4n) is 3.16. The quantitative estimate of drug-likeness (QED) is 0.726. The van der Waals surface area contributed by atoms with Crippen LogP contribution in [0.3, 0.4) is 0 Å². The maximum atomic E-state index is 12.2. The number of benzene rings is 2. The Bertz CT molecular complexity index is 904. The number of nitrogens with one attached hydrogen (secondary N) is 1. The first-order valence-electron chi connectivity index (χ1n) is 9.55. The van der Waals surface area contributed by atoms with Crippen LogP contribution in [0.15, 0.2) is 48.5 Å². The zero-order valence-electron chi connectivity index (χ0n) is 16.1. The van der Waals surface area contributed by atoms with E-state index in [0.717, 1.165) is 24.2 Å². The minimum atomic E-state index is -3.23. The van der Waals surface area contributed by atoms with Crippen LogP contribution in [-0.4, -0.2) is 37.5 Å². The van der Waals surface area contributed by atoms with Gasteiger partial charge in [-0.3, -0.25) is 4.79 Å². The predicted octanol–water partition coefficient (Wildman–Crippen LogP) is 3.93. The molecule has 0 bridgehead atoms. The van der Waals surface area contributed by atoms with Crippen molar-refractivity contribution in [1.82, 2.24) is 4.31 Å². The van der Waals surface area contributed by atoms with Gasteiger partial charge in [0.25, 0.3) is 0 Å². The monoisotopic (exact) mass is 402 g/mol. The third-order valence-corrected chi connectivity index (χ3v) is 6.58. The number of sulfonamides is 1. The smallest absolute Gasteiger partial charge is 0.224 e. The van der Waals surface area contributed by atoms with Crippen molar-refractivity contribution in [2.24, 2.45) is 0 Å². The van der Waals surface area contributed by atoms with Crippen molar-refractivity contribution in [2.45, 2.75) is 32.6 Å². The first-order chi connectivity index (χ1) is 13.4. The van der Waals surface area contributed by atoms with Crippen LogP contribution in [-0.2, 0) is 14.8 Å². The van der Waals surface area contributed by atoms with Crippen LogP contribution in [0, 0.1) is 6.92 Å². The first-order valence-corrected chi connectivity index (χ1v) is 11.2. The lowest BCUT2D eigenvalue weighted by molar-refractivity contribution is -0.116. The molecule has 1 aliphatic rings. The summed E-state index contributed by atoms with van der Waals surface area (Å²) < 4.78 is 31.6. The Morgan fingerprint density at radius 1 is 1.07 bits per heavy atom. The van der Waals surface area contributed by atoms with Crippen LogP contribution in [0.5, 0.6) is 11.5 Å². The Kier molecular flexibility index (Phi) is 6.70. The zero-order valence-corrected chi connectivity index (χ0v) is 16.9. The minimum absolute atomic E-state index is 0.0175. The fourth-order valence-corrected chi connectivity index (χ4v) is 4.74. The van der Waals surface area contributed by atoms with Crippen LogP contribution < -0.4 is 10.1 Å². The molecule has 2 aromatic rings. The Morgan fingerprint density at radius 2 is 1.79 bits per heavy atom. The number of carbonyl (C=O) groups excluding carboxylic acids is 1. The lowest BCUT2D eigenvalue weighted by Crippen LogP contribution is -2.30. The molecule has 0 spiro atoms. The summed E-state index contributed by atoms with van der Waals surface area (Å²) >= 11 is 0. The average Bonchev–Trinajstić information content (AvgIpc) is 3.19. The van der Waals surface area contributed by atoms with E-state index in [1.54, 1.807) is 24.3 Å². The predicted molar refractivity (Wildman–Crippen MR) is 110 cm³/mol. The Morgan fingerprint density at radius 3 is 2.46 bits per heavy atom. The molecule has 0 radical (unpaired) electrons. The van der Waals surface area contributed by atoms with Gasteiger partial charge in [-0.1, -0.05) is 12.1 Å². The van der Waals surface area contributed by atoms with Crippen LogP contribution in [0.1, 0.15) is 31.2 Å². The summed E-state index contributed by atoms with van der Waals surface area (Å²) in [4.78, 5) is 12.1. The molecule has 0 unspecified atom stereocenters. The van der Waals surface area contributed by atoms with Crippen LogP contribution in [0.4, 0.5) is 5.69 Å². The van der Waals surface area contributed by atoms with E-state index in [2.05, 4.69) is 5.32 Å². The van der Waals surface area contributed by atoms with Crippen molar-refractivity contribution in [3.05, 3.63) is 54.1 Å². The second-order valence-corrected chi connectivity index (χ2v) is 9.11. The highest BCUT2D eigenvalue weighted by molar-refractivity contribution is 7.89. The van der Waals surface area contributed by atoms with Gasteiger partial charge in [0.05, 0.1) is 5.75 Å². The summed E-state index contributed by atoms with van der Waals surface area (Å²) in [5, 5.41) is 2.79. The molecule has 0 saturated carbocycles. The summed E-state index contributed by atoms with van der Waals surface area (Å²) in [5.41, 5.74) is 1.78. The lowest BCUT2D eigenvalue weighted by Gasteiger charge is -2.15.